The largest absolute Gasteiger partial charge is 0.322 e. The van der Waals surface area contributed by atoms with Gasteiger partial charge in [0.2, 0.25) is 11.9 Å². The number of aromatic nitrogens is 3. The average molecular weight is 717 g/mol. The normalized spacial score (nSPS) is 13.0. The van der Waals surface area contributed by atoms with Gasteiger partial charge in [0.1, 0.15) is 6.33 Å². The van der Waals surface area contributed by atoms with Crippen molar-refractivity contribution in [2.24, 2.45) is 0 Å². The van der Waals surface area contributed by atoms with E-state index < -0.39 is 41.4 Å². The van der Waals surface area contributed by atoms with Crippen molar-refractivity contribution in [2.75, 3.05) is 20.9 Å². The predicted molar refractivity (Wildman–Crippen MR) is 195 cm³/mol. The van der Waals surface area contributed by atoms with E-state index in [1.807, 2.05) is 24.3 Å². The number of hydrogen-bond acceptors (Lipinski definition) is 10. The minimum atomic E-state index is -0.782. The summed E-state index contributed by atoms with van der Waals surface area (Å²) < 4.78 is 0. The second-order valence-corrected chi connectivity index (χ2v) is 12.3. The van der Waals surface area contributed by atoms with Crippen molar-refractivity contribution in [3.8, 4) is 0 Å². The fourth-order valence-electron chi connectivity index (χ4n) is 6.15. The summed E-state index contributed by atoms with van der Waals surface area (Å²) >= 11 is 0. The number of nitrogens with one attached hydrogen (secondary N) is 4. The highest BCUT2D eigenvalue weighted by molar-refractivity contribution is 6.34. The van der Waals surface area contributed by atoms with E-state index in [4.69, 9.17) is 0 Å². The molecular formula is C39H24N8O7. The molecule has 0 atom stereocenters. The molecule has 2 aliphatic rings. The molecule has 3 heterocycles. The third-order valence-corrected chi connectivity index (χ3v) is 8.91. The van der Waals surface area contributed by atoms with Crippen LogP contribution in [0.15, 0.2) is 103 Å². The number of benzene rings is 5. The number of amides is 7. The van der Waals surface area contributed by atoms with Crippen molar-refractivity contribution >= 4 is 75.4 Å². The van der Waals surface area contributed by atoms with Crippen molar-refractivity contribution in [3.63, 3.8) is 0 Å². The van der Waals surface area contributed by atoms with Crippen LogP contribution in [-0.2, 0) is 0 Å². The molecule has 1 aromatic heterocycles. The fourth-order valence-corrected chi connectivity index (χ4v) is 6.15. The molecule has 54 heavy (non-hydrogen) atoms. The van der Waals surface area contributed by atoms with Crippen LogP contribution in [0.4, 0.5) is 23.3 Å². The van der Waals surface area contributed by atoms with Crippen LogP contribution in [0.25, 0.3) is 10.8 Å². The second-order valence-electron chi connectivity index (χ2n) is 12.3. The highest BCUT2D eigenvalue weighted by atomic mass is 16.2. The van der Waals surface area contributed by atoms with E-state index in [9.17, 15) is 33.6 Å². The number of carbonyl (C=O) groups is 7. The van der Waals surface area contributed by atoms with Gasteiger partial charge >= 0.3 is 0 Å². The fraction of sp³-hybridized carbons (Fsp3) is 0.0256. The van der Waals surface area contributed by atoms with Gasteiger partial charge in [-0.05, 0) is 77.9 Å². The molecule has 15 nitrogen and oxygen atoms in total. The van der Waals surface area contributed by atoms with Crippen LogP contribution < -0.4 is 26.2 Å². The Morgan fingerprint density at radius 2 is 1.31 bits per heavy atom. The third-order valence-electron chi connectivity index (χ3n) is 8.91. The van der Waals surface area contributed by atoms with Crippen molar-refractivity contribution in [1.82, 2.24) is 20.3 Å². The Hall–Kier alpha value is -7.94. The molecule has 0 saturated heterocycles. The number of aryl methyl sites for hydroxylation is 1. The molecule has 0 radical (unpaired) electrons. The van der Waals surface area contributed by atoms with Gasteiger partial charge in [0, 0.05) is 28.1 Å². The minimum Gasteiger partial charge on any atom is -0.322 e. The Bertz CT molecular complexity index is 2690. The maximum atomic E-state index is 13.5. The summed E-state index contributed by atoms with van der Waals surface area (Å²) in [5, 5.41) is 11.8. The molecule has 7 amide bonds. The zero-order valence-electron chi connectivity index (χ0n) is 28.0. The van der Waals surface area contributed by atoms with Crippen LogP contribution in [0, 0.1) is 6.92 Å². The molecule has 0 bridgehead atoms. The predicted octanol–water partition coefficient (Wildman–Crippen LogP) is 4.77. The SMILES string of the molecule is Cc1ccc(NC(=O)c2ccc3c(c2)C(=O)N(c2ncnc(NC(=O)c4cccc5ccccc45)n2)C3=O)cc1NC(=O)c1ccc2c(c1)C(=O)NC2=O. The van der Waals surface area contributed by atoms with Gasteiger partial charge in [0.15, 0.2) is 0 Å². The van der Waals surface area contributed by atoms with Gasteiger partial charge < -0.3 is 10.6 Å². The molecule has 0 saturated carbocycles. The first-order valence-electron chi connectivity index (χ1n) is 16.3. The van der Waals surface area contributed by atoms with Gasteiger partial charge in [-0.3, -0.25) is 44.2 Å². The summed E-state index contributed by atoms with van der Waals surface area (Å²) in [6.45, 7) is 1.75. The molecule has 8 rings (SSSR count). The number of fused-ring (bicyclic) bond motifs is 3. The van der Waals surface area contributed by atoms with E-state index in [1.165, 1.54) is 42.5 Å². The number of carbonyl (C=O) groups excluding carboxylic acids is 7. The van der Waals surface area contributed by atoms with Crippen LogP contribution in [0.1, 0.15) is 78.1 Å². The van der Waals surface area contributed by atoms with Crippen LogP contribution in [-0.4, -0.2) is 56.3 Å². The van der Waals surface area contributed by atoms with Crippen LogP contribution in [0.3, 0.4) is 0 Å². The second kappa shape index (κ2) is 13.0. The van der Waals surface area contributed by atoms with Gasteiger partial charge in [-0.25, -0.2) is 14.9 Å². The summed E-state index contributed by atoms with van der Waals surface area (Å²) in [5.41, 5.74) is 2.19. The lowest BCUT2D eigenvalue weighted by atomic mass is 10.0. The van der Waals surface area contributed by atoms with Crippen LogP contribution >= 0.6 is 0 Å². The quantitative estimate of drug-likeness (QED) is 0.166. The lowest BCUT2D eigenvalue weighted by Gasteiger charge is -2.12. The molecule has 15 heteroatoms. The molecule has 0 aliphatic carbocycles. The van der Waals surface area contributed by atoms with Crippen LogP contribution in [0.5, 0.6) is 0 Å². The molecule has 0 fully saturated rings. The minimum absolute atomic E-state index is 0.0204. The number of anilines is 4. The summed E-state index contributed by atoms with van der Waals surface area (Å²) in [6.07, 6.45) is 1.06. The molecular weight excluding hydrogens is 692 g/mol. The molecule has 4 N–H and O–H groups in total. The Labute approximate surface area is 304 Å². The van der Waals surface area contributed by atoms with E-state index >= 15 is 0 Å². The lowest BCUT2D eigenvalue weighted by molar-refractivity contribution is 0.0873. The lowest BCUT2D eigenvalue weighted by Crippen LogP contribution is -2.31. The average Bonchev–Trinajstić information content (AvgIpc) is 3.61. The zero-order valence-corrected chi connectivity index (χ0v) is 28.0. The topological polar surface area (TPSA) is 210 Å². The molecule has 5 aromatic carbocycles. The Morgan fingerprint density at radius 3 is 2.13 bits per heavy atom. The standard InChI is InChI=1S/C39H24N8O7/c1-19-9-12-23(17-30(19)43-32(49)21-10-13-26-28(15-21)35(52)44-33(26)50)42-31(48)22-11-14-27-29(16-22)37(54)47(36(27)53)39-41-18-40-38(46-39)45-34(51)25-8-4-6-20-5-2-3-7-24(20)25/h2-18H,1H3,(H,42,48)(H,43,49)(H,44,50,52)(H,40,41,45,46,51). The number of nitrogens with zero attached hydrogens (tertiary/aromatic N) is 4. The van der Waals surface area contributed by atoms with Gasteiger partial charge in [-0.2, -0.15) is 4.98 Å². The van der Waals surface area contributed by atoms with E-state index in [2.05, 4.69) is 36.2 Å². The first-order chi connectivity index (χ1) is 26.0. The van der Waals surface area contributed by atoms with Gasteiger partial charge in [-0.15, -0.1) is 0 Å². The van der Waals surface area contributed by atoms with E-state index in [0.29, 0.717) is 27.9 Å². The summed E-state index contributed by atoms with van der Waals surface area (Å²) in [5.74, 6) is -4.78. The van der Waals surface area contributed by atoms with E-state index in [1.54, 1.807) is 37.3 Å². The molecule has 2 aliphatic heterocycles. The van der Waals surface area contributed by atoms with Crippen molar-refractivity contribution in [1.29, 1.82) is 0 Å². The molecule has 262 valence electrons. The Balaban J connectivity index is 0.970. The summed E-state index contributed by atoms with van der Waals surface area (Å²) in [4.78, 5) is 103. The summed E-state index contributed by atoms with van der Waals surface area (Å²) in [6, 6.07) is 25.6. The summed E-state index contributed by atoms with van der Waals surface area (Å²) in [7, 11) is 0. The smallest absolute Gasteiger partial charge is 0.268 e. The monoisotopic (exact) mass is 716 g/mol. The molecule has 0 spiro atoms. The molecule has 0 unspecified atom stereocenters. The number of rotatable bonds is 7. The van der Waals surface area contributed by atoms with Gasteiger partial charge in [-0.1, -0.05) is 42.5 Å². The molecule has 6 aromatic rings. The third kappa shape index (κ3) is 5.86. The van der Waals surface area contributed by atoms with Crippen LogP contribution in [0.2, 0.25) is 0 Å². The van der Waals surface area contributed by atoms with Crippen molar-refractivity contribution in [2.45, 2.75) is 6.92 Å². The Morgan fingerprint density at radius 1 is 0.630 bits per heavy atom. The number of hydrogen-bond donors (Lipinski definition) is 4. The Kier molecular flexibility index (Phi) is 7.99. The first-order valence-corrected chi connectivity index (χ1v) is 16.3. The maximum absolute atomic E-state index is 13.5. The number of imide groups is 2. The first kappa shape index (κ1) is 33.2. The van der Waals surface area contributed by atoms with Crippen molar-refractivity contribution in [3.05, 3.63) is 148 Å². The van der Waals surface area contributed by atoms with Gasteiger partial charge in [0.25, 0.3) is 41.4 Å². The van der Waals surface area contributed by atoms with E-state index in [-0.39, 0.29) is 45.3 Å². The van der Waals surface area contributed by atoms with E-state index in [0.717, 1.165) is 16.6 Å². The maximum Gasteiger partial charge on any atom is 0.268 e. The van der Waals surface area contributed by atoms with Gasteiger partial charge in [0.05, 0.1) is 22.3 Å². The van der Waals surface area contributed by atoms with Crippen molar-refractivity contribution < 1.29 is 33.6 Å². The zero-order chi connectivity index (χ0) is 37.7. The highest BCUT2D eigenvalue weighted by Crippen LogP contribution is 2.29. The highest BCUT2D eigenvalue weighted by Gasteiger charge is 2.39.